The maximum atomic E-state index is 5.88. The van der Waals surface area contributed by atoms with E-state index in [0.29, 0.717) is 31.3 Å². The number of hydrogen-bond donors (Lipinski definition) is 2. The van der Waals surface area contributed by atoms with Crippen LogP contribution in [0.1, 0.15) is 26.7 Å². The minimum atomic E-state index is 0.116. The average molecular weight is 361 g/mol. The van der Waals surface area contributed by atoms with E-state index in [1.165, 1.54) is 0 Å². The fourth-order valence-electron chi connectivity index (χ4n) is 4.11. The molecule has 144 valence electrons. The second-order valence-electron chi connectivity index (χ2n) is 7.61. The Labute approximate surface area is 156 Å². The van der Waals surface area contributed by atoms with Crippen LogP contribution < -0.4 is 15.4 Å². The minimum Gasteiger partial charge on any atom is -0.493 e. The molecule has 1 saturated heterocycles. The first-order valence-electron chi connectivity index (χ1n) is 9.40. The summed E-state index contributed by atoms with van der Waals surface area (Å²) >= 11 is 0. The van der Waals surface area contributed by atoms with Crippen molar-refractivity contribution in [3.63, 3.8) is 0 Å². The standard InChI is InChI=1S/C20H31N3O3/c1-20(2)17(16-9-12-26-18(16)20)23-19(21-3)22-14-7-5-8-15(13-14)25-11-6-10-24-4/h5,7-8,13,16-18H,6,9-12H2,1-4H3,(H2,21,22,23). The first-order chi connectivity index (χ1) is 12.6. The van der Waals surface area contributed by atoms with Gasteiger partial charge in [0.1, 0.15) is 5.75 Å². The van der Waals surface area contributed by atoms with Crippen LogP contribution in [0.3, 0.4) is 0 Å². The molecule has 2 fully saturated rings. The van der Waals surface area contributed by atoms with Gasteiger partial charge in [0, 0.05) is 62.9 Å². The summed E-state index contributed by atoms with van der Waals surface area (Å²) in [6.45, 7) is 6.74. The van der Waals surface area contributed by atoms with Crippen molar-refractivity contribution >= 4 is 11.6 Å². The number of nitrogens with zero attached hydrogens (tertiary/aromatic N) is 1. The molecule has 1 aromatic rings. The zero-order valence-corrected chi connectivity index (χ0v) is 16.2. The quantitative estimate of drug-likeness (QED) is 0.444. The number of guanidine groups is 1. The summed E-state index contributed by atoms with van der Waals surface area (Å²) in [4.78, 5) is 4.40. The van der Waals surface area contributed by atoms with Gasteiger partial charge in [0.05, 0.1) is 12.7 Å². The van der Waals surface area contributed by atoms with Gasteiger partial charge in [0.15, 0.2) is 5.96 Å². The molecule has 1 saturated carbocycles. The molecule has 6 nitrogen and oxygen atoms in total. The molecule has 1 aliphatic heterocycles. The molecular weight excluding hydrogens is 330 g/mol. The predicted molar refractivity (Wildman–Crippen MR) is 104 cm³/mol. The van der Waals surface area contributed by atoms with E-state index >= 15 is 0 Å². The zero-order valence-electron chi connectivity index (χ0n) is 16.2. The third-order valence-electron chi connectivity index (χ3n) is 5.47. The van der Waals surface area contributed by atoms with Crippen molar-refractivity contribution in [3.05, 3.63) is 24.3 Å². The smallest absolute Gasteiger partial charge is 0.195 e. The van der Waals surface area contributed by atoms with Crippen molar-refractivity contribution in [2.24, 2.45) is 16.3 Å². The van der Waals surface area contributed by atoms with Crippen LogP contribution in [-0.2, 0) is 9.47 Å². The molecule has 1 heterocycles. The lowest BCUT2D eigenvalue weighted by atomic mass is 9.57. The van der Waals surface area contributed by atoms with E-state index in [2.05, 4.69) is 29.5 Å². The first kappa shape index (κ1) is 19.0. The van der Waals surface area contributed by atoms with E-state index in [-0.39, 0.29) is 5.41 Å². The average Bonchev–Trinajstić information content (AvgIpc) is 3.09. The lowest BCUT2D eigenvalue weighted by Gasteiger charge is -2.54. The molecule has 0 bridgehead atoms. The summed E-state index contributed by atoms with van der Waals surface area (Å²) in [5.41, 5.74) is 1.07. The summed E-state index contributed by atoms with van der Waals surface area (Å²) in [5.74, 6) is 2.19. The fourth-order valence-corrected chi connectivity index (χ4v) is 4.11. The Bertz CT molecular complexity index is 632. The molecule has 6 heteroatoms. The third-order valence-corrected chi connectivity index (χ3v) is 5.47. The minimum absolute atomic E-state index is 0.116. The van der Waals surface area contributed by atoms with Gasteiger partial charge in [0.2, 0.25) is 0 Å². The lowest BCUT2D eigenvalue weighted by molar-refractivity contribution is -0.106. The van der Waals surface area contributed by atoms with Gasteiger partial charge in [-0.1, -0.05) is 19.9 Å². The zero-order chi connectivity index (χ0) is 18.6. The van der Waals surface area contributed by atoms with Crippen LogP contribution in [0, 0.1) is 11.3 Å². The Morgan fingerprint density at radius 1 is 1.35 bits per heavy atom. The number of fused-ring (bicyclic) bond motifs is 1. The van der Waals surface area contributed by atoms with Gasteiger partial charge >= 0.3 is 0 Å². The molecule has 0 aromatic heterocycles. The van der Waals surface area contributed by atoms with Gasteiger partial charge in [0.25, 0.3) is 0 Å². The van der Waals surface area contributed by atoms with Crippen LogP contribution in [0.4, 0.5) is 5.69 Å². The van der Waals surface area contributed by atoms with Crippen molar-refractivity contribution < 1.29 is 14.2 Å². The van der Waals surface area contributed by atoms with Crippen molar-refractivity contribution in [2.45, 2.75) is 38.8 Å². The van der Waals surface area contributed by atoms with Gasteiger partial charge in [-0.05, 0) is 18.6 Å². The molecule has 0 amide bonds. The number of rotatable bonds is 7. The summed E-state index contributed by atoms with van der Waals surface area (Å²) < 4.78 is 16.7. The van der Waals surface area contributed by atoms with Gasteiger partial charge in [-0.2, -0.15) is 0 Å². The maximum absolute atomic E-state index is 5.88. The van der Waals surface area contributed by atoms with E-state index in [4.69, 9.17) is 14.2 Å². The van der Waals surface area contributed by atoms with Crippen LogP contribution in [0.15, 0.2) is 29.3 Å². The largest absolute Gasteiger partial charge is 0.493 e. The van der Waals surface area contributed by atoms with Crippen LogP contribution in [0.25, 0.3) is 0 Å². The summed E-state index contributed by atoms with van der Waals surface area (Å²) in [5, 5.41) is 6.98. The number of anilines is 1. The SMILES string of the molecule is CN=C(Nc1cccc(OCCCOC)c1)NC1C2CCOC2C1(C)C. The van der Waals surface area contributed by atoms with E-state index < -0.39 is 0 Å². The fraction of sp³-hybridized carbons (Fsp3) is 0.650. The van der Waals surface area contributed by atoms with E-state index in [1.807, 2.05) is 24.3 Å². The number of ether oxygens (including phenoxy) is 3. The molecule has 26 heavy (non-hydrogen) atoms. The lowest BCUT2D eigenvalue weighted by Crippen LogP contribution is -2.67. The second kappa shape index (κ2) is 8.27. The molecule has 3 unspecified atom stereocenters. The third kappa shape index (κ3) is 3.96. The topological polar surface area (TPSA) is 64.1 Å². The Hall–Kier alpha value is -1.79. The van der Waals surface area contributed by atoms with Crippen molar-refractivity contribution in [1.82, 2.24) is 5.32 Å². The normalized spacial score (nSPS) is 26.8. The van der Waals surface area contributed by atoms with Gasteiger partial charge < -0.3 is 24.8 Å². The number of benzene rings is 1. The van der Waals surface area contributed by atoms with E-state index in [9.17, 15) is 0 Å². The van der Waals surface area contributed by atoms with Crippen LogP contribution in [0.5, 0.6) is 5.75 Å². The van der Waals surface area contributed by atoms with Gasteiger partial charge in [-0.15, -0.1) is 0 Å². The van der Waals surface area contributed by atoms with Crippen molar-refractivity contribution in [3.8, 4) is 5.75 Å². The summed E-state index contributed by atoms with van der Waals surface area (Å²) in [7, 11) is 3.50. The van der Waals surface area contributed by atoms with E-state index in [0.717, 1.165) is 36.8 Å². The molecule has 3 rings (SSSR count). The highest BCUT2D eigenvalue weighted by atomic mass is 16.5. The number of nitrogens with one attached hydrogen (secondary N) is 2. The highest BCUT2D eigenvalue weighted by molar-refractivity contribution is 5.94. The van der Waals surface area contributed by atoms with Gasteiger partial charge in [-0.25, -0.2) is 0 Å². The first-order valence-corrected chi connectivity index (χ1v) is 9.40. The molecule has 2 N–H and O–H groups in total. The Morgan fingerprint density at radius 2 is 2.19 bits per heavy atom. The van der Waals surface area contributed by atoms with Crippen molar-refractivity contribution in [1.29, 1.82) is 0 Å². The van der Waals surface area contributed by atoms with Crippen LogP contribution in [-0.4, -0.2) is 52.1 Å². The number of hydrogen-bond acceptors (Lipinski definition) is 4. The molecule has 3 atom stereocenters. The molecular formula is C20H31N3O3. The van der Waals surface area contributed by atoms with E-state index in [1.54, 1.807) is 14.2 Å². The maximum Gasteiger partial charge on any atom is 0.195 e. The van der Waals surface area contributed by atoms with Gasteiger partial charge in [-0.3, -0.25) is 4.99 Å². The molecule has 0 spiro atoms. The Balaban J connectivity index is 1.57. The molecule has 1 aliphatic carbocycles. The Kier molecular flexibility index (Phi) is 6.04. The molecule has 0 radical (unpaired) electrons. The molecule has 1 aromatic carbocycles. The molecule has 2 aliphatic rings. The summed E-state index contributed by atoms with van der Waals surface area (Å²) in [6, 6.07) is 8.32. The highest BCUT2D eigenvalue weighted by Crippen LogP contribution is 2.52. The second-order valence-corrected chi connectivity index (χ2v) is 7.61. The Morgan fingerprint density at radius 3 is 2.96 bits per heavy atom. The summed E-state index contributed by atoms with van der Waals surface area (Å²) in [6.07, 6.45) is 2.36. The monoisotopic (exact) mass is 361 g/mol. The highest BCUT2D eigenvalue weighted by Gasteiger charge is 2.59. The van der Waals surface area contributed by atoms with Crippen LogP contribution >= 0.6 is 0 Å². The number of aliphatic imine (C=N–C) groups is 1. The number of methoxy groups -OCH3 is 1. The van der Waals surface area contributed by atoms with Crippen LogP contribution in [0.2, 0.25) is 0 Å². The van der Waals surface area contributed by atoms with Crippen molar-refractivity contribution in [2.75, 3.05) is 39.3 Å². The predicted octanol–water partition coefficient (Wildman–Crippen LogP) is 2.90.